The summed E-state index contributed by atoms with van der Waals surface area (Å²) in [6.07, 6.45) is 8.94. The van der Waals surface area contributed by atoms with Crippen LogP contribution in [0.15, 0.2) is 24.3 Å². The summed E-state index contributed by atoms with van der Waals surface area (Å²) in [7, 11) is -4.42. The zero-order valence-electron chi connectivity index (χ0n) is 27.7. The number of rotatable bonds is 36. The Labute approximate surface area is 276 Å². The monoisotopic (exact) mass is 682 g/mol. The van der Waals surface area contributed by atoms with Crippen LogP contribution in [0, 0.1) is 0 Å². The van der Waals surface area contributed by atoms with E-state index in [1.807, 2.05) is 6.07 Å². The third-order valence-electron chi connectivity index (χ3n) is 6.28. The van der Waals surface area contributed by atoms with Crippen molar-refractivity contribution in [1.82, 2.24) is 0 Å². The normalized spacial score (nSPS) is 11.8. The summed E-state index contributed by atoms with van der Waals surface area (Å²) in [5, 5.41) is 0. The molecule has 0 fully saturated rings. The molecular weight excluding hydrogens is 624 g/mol. The van der Waals surface area contributed by atoms with Gasteiger partial charge in [-0.1, -0.05) is 51.2 Å². The maximum atomic E-state index is 10.3. The maximum Gasteiger partial charge on any atom is 0.397 e. The predicted octanol–water partition coefficient (Wildman–Crippen LogP) is 3.92. The van der Waals surface area contributed by atoms with E-state index >= 15 is 0 Å². The van der Waals surface area contributed by atoms with Gasteiger partial charge >= 0.3 is 10.4 Å². The van der Waals surface area contributed by atoms with Crippen molar-refractivity contribution in [2.75, 3.05) is 119 Å². The summed E-state index contributed by atoms with van der Waals surface area (Å²) in [6.45, 7) is 9.35. The molecule has 0 atom stereocenters. The van der Waals surface area contributed by atoms with Crippen molar-refractivity contribution in [2.24, 2.45) is 0 Å². The van der Waals surface area contributed by atoms with Crippen LogP contribution in [0.2, 0.25) is 0 Å². The number of hydrogen-bond acceptors (Lipinski definition) is 12. The van der Waals surface area contributed by atoms with Gasteiger partial charge in [-0.2, -0.15) is 8.42 Å². The standard InChI is InChI=1S/C32H58O13S/c1-2-3-4-5-6-7-9-31-10-8-11-32(30-31)44-28-26-42-24-22-40-20-18-38-16-14-36-12-13-37-15-17-39-19-21-41-23-25-43-27-29-45-46(33,34)35/h8,10-11,30H,2-7,9,12-29H2,1H3,(H,33,34,35). The lowest BCUT2D eigenvalue weighted by Gasteiger charge is -2.10. The van der Waals surface area contributed by atoms with E-state index in [0.29, 0.717) is 99.1 Å². The van der Waals surface area contributed by atoms with E-state index in [-0.39, 0.29) is 19.8 Å². The molecule has 0 aromatic heterocycles. The van der Waals surface area contributed by atoms with Crippen LogP contribution in [-0.4, -0.2) is 132 Å². The van der Waals surface area contributed by atoms with E-state index in [1.54, 1.807) is 0 Å². The number of aryl methyl sites for hydroxylation is 1. The van der Waals surface area contributed by atoms with Crippen LogP contribution in [0.1, 0.15) is 51.0 Å². The van der Waals surface area contributed by atoms with Crippen molar-refractivity contribution in [3.8, 4) is 5.75 Å². The van der Waals surface area contributed by atoms with Crippen molar-refractivity contribution >= 4 is 10.4 Å². The van der Waals surface area contributed by atoms with E-state index in [4.69, 9.17) is 47.2 Å². The molecule has 0 aliphatic rings. The first-order valence-electron chi connectivity index (χ1n) is 16.5. The summed E-state index contributed by atoms with van der Waals surface area (Å²) in [5.74, 6) is 0.899. The molecule has 0 aliphatic carbocycles. The van der Waals surface area contributed by atoms with Crippen LogP contribution in [-0.2, 0) is 58.9 Å². The number of benzene rings is 1. The Balaban J connectivity index is 1.73. The fourth-order valence-electron chi connectivity index (χ4n) is 3.96. The first-order chi connectivity index (χ1) is 22.5. The molecule has 1 aromatic carbocycles. The van der Waals surface area contributed by atoms with E-state index in [1.165, 1.54) is 44.1 Å². The van der Waals surface area contributed by atoms with Gasteiger partial charge in [0.25, 0.3) is 0 Å². The van der Waals surface area contributed by atoms with Crippen LogP contribution in [0.4, 0.5) is 0 Å². The molecular formula is C32H58O13S. The molecule has 0 saturated carbocycles. The lowest BCUT2D eigenvalue weighted by molar-refractivity contribution is -0.0241. The highest BCUT2D eigenvalue weighted by molar-refractivity contribution is 7.80. The van der Waals surface area contributed by atoms with Gasteiger partial charge in [0.1, 0.15) is 12.4 Å². The third-order valence-corrected chi connectivity index (χ3v) is 6.74. The van der Waals surface area contributed by atoms with E-state index in [2.05, 4.69) is 29.3 Å². The second kappa shape index (κ2) is 32.1. The van der Waals surface area contributed by atoms with Crippen molar-refractivity contribution in [3.05, 3.63) is 29.8 Å². The highest BCUT2D eigenvalue weighted by Crippen LogP contribution is 2.16. The Morgan fingerprint density at radius 3 is 1.35 bits per heavy atom. The molecule has 0 aliphatic heterocycles. The molecule has 1 N–H and O–H groups in total. The Morgan fingerprint density at radius 1 is 0.522 bits per heavy atom. The highest BCUT2D eigenvalue weighted by atomic mass is 32.3. The molecule has 14 heteroatoms. The molecule has 0 bridgehead atoms. The summed E-state index contributed by atoms with van der Waals surface area (Å²) >= 11 is 0. The van der Waals surface area contributed by atoms with Crippen molar-refractivity contribution < 1.29 is 59.8 Å². The van der Waals surface area contributed by atoms with Crippen LogP contribution >= 0.6 is 0 Å². The summed E-state index contributed by atoms with van der Waals surface area (Å²) < 4.78 is 82.3. The van der Waals surface area contributed by atoms with Gasteiger partial charge in [0.15, 0.2) is 0 Å². The molecule has 1 aromatic rings. The Kier molecular flexibility index (Phi) is 29.8. The van der Waals surface area contributed by atoms with Crippen LogP contribution in [0.5, 0.6) is 5.75 Å². The van der Waals surface area contributed by atoms with E-state index < -0.39 is 10.4 Å². The fraction of sp³-hybridized carbons (Fsp3) is 0.812. The fourth-order valence-corrected chi connectivity index (χ4v) is 4.24. The van der Waals surface area contributed by atoms with Gasteiger partial charge in [-0.05, 0) is 30.5 Å². The zero-order valence-corrected chi connectivity index (χ0v) is 28.6. The lowest BCUT2D eigenvalue weighted by Crippen LogP contribution is -2.15. The first-order valence-corrected chi connectivity index (χ1v) is 17.8. The molecule has 0 unspecified atom stereocenters. The number of unbranched alkanes of at least 4 members (excludes halogenated alkanes) is 5. The summed E-state index contributed by atoms with van der Waals surface area (Å²) in [5.41, 5.74) is 1.33. The minimum absolute atomic E-state index is 0.0344. The Hall–Kier alpha value is -1.43. The SMILES string of the molecule is CCCCCCCCc1cccc(OCCOCCOCCOCCOCCOCCOCCOCCOCCOS(=O)(=O)O)c1. The van der Waals surface area contributed by atoms with Crippen LogP contribution < -0.4 is 4.74 Å². The summed E-state index contributed by atoms with van der Waals surface area (Å²) in [4.78, 5) is 0. The molecule has 0 saturated heterocycles. The zero-order chi connectivity index (χ0) is 33.2. The molecule has 0 heterocycles. The van der Waals surface area contributed by atoms with Gasteiger partial charge in [0, 0.05) is 0 Å². The van der Waals surface area contributed by atoms with Gasteiger partial charge in [0.2, 0.25) is 0 Å². The van der Waals surface area contributed by atoms with Gasteiger partial charge in [-0.25, -0.2) is 4.18 Å². The number of hydrogen-bond donors (Lipinski definition) is 1. The second-order valence-corrected chi connectivity index (χ2v) is 11.3. The van der Waals surface area contributed by atoms with Gasteiger partial charge < -0.3 is 42.6 Å². The van der Waals surface area contributed by atoms with Gasteiger partial charge in [-0.3, -0.25) is 4.55 Å². The van der Waals surface area contributed by atoms with Crippen molar-refractivity contribution in [1.29, 1.82) is 0 Å². The summed E-state index contributed by atoms with van der Waals surface area (Å²) in [6, 6.07) is 8.36. The minimum Gasteiger partial charge on any atom is -0.491 e. The Bertz CT molecular complexity index is 889. The van der Waals surface area contributed by atoms with E-state index in [0.717, 1.165) is 12.2 Å². The van der Waals surface area contributed by atoms with Crippen molar-refractivity contribution in [2.45, 2.75) is 51.9 Å². The topological polar surface area (TPSA) is 147 Å². The minimum atomic E-state index is -4.42. The quantitative estimate of drug-likeness (QED) is 0.0807. The molecule has 0 amide bonds. The maximum absolute atomic E-state index is 10.3. The Morgan fingerprint density at radius 2 is 0.913 bits per heavy atom. The highest BCUT2D eigenvalue weighted by Gasteiger charge is 2.03. The van der Waals surface area contributed by atoms with Gasteiger partial charge in [0.05, 0.1) is 112 Å². The molecule has 0 radical (unpaired) electrons. The number of ether oxygens (including phenoxy) is 9. The third kappa shape index (κ3) is 31.2. The van der Waals surface area contributed by atoms with Crippen molar-refractivity contribution in [3.63, 3.8) is 0 Å². The molecule has 270 valence electrons. The first kappa shape index (κ1) is 42.6. The molecule has 1 rings (SSSR count). The predicted molar refractivity (Wildman–Crippen MR) is 173 cm³/mol. The lowest BCUT2D eigenvalue weighted by atomic mass is 10.0. The average molecular weight is 683 g/mol. The second-order valence-electron chi connectivity index (χ2n) is 10.2. The molecule has 46 heavy (non-hydrogen) atoms. The van der Waals surface area contributed by atoms with E-state index in [9.17, 15) is 8.42 Å². The average Bonchev–Trinajstić information content (AvgIpc) is 3.03. The van der Waals surface area contributed by atoms with Gasteiger partial charge in [-0.15, -0.1) is 0 Å². The largest absolute Gasteiger partial charge is 0.491 e. The molecule has 13 nitrogen and oxygen atoms in total. The molecule has 0 spiro atoms. The smallest absolute Gasteiger partial charge is 0.397 e. The van der Waals surface area contributed by atoms with Crippen LogP contribution in [0.3, 0.4) is 0 Å². The van der Waals surface area contributed by atoms with Crippen LogP contribution in [0.25, 0.3) is 0 Å².